The molecule has 0 spiro atoms. The molecule has 1 aliphatic heterocycles. The number of para-hydroxylation sites is 2. The van der Waals surface area contributed by atoms with Gasteiger partial charge in [0, 0.05) is 0 Å². The lowest BCUT2D eigenvalue weighted by Crippen LogP contribution is -2.42. The van der Waals surface area contributed by atoms with Gasteiger partial charge in [0.2, 0.25) is 11.8 Å². The second-order valence-electron chi connectivity index (χ2n) is 4.89. The van der Waals surface area contributed by atoms with E-state index in [-0.39, 0.29) is 30.5 Å². The van der Waals surface area contributed by atoms with E-state index >= 15 is 0 Å². The van der Waals surface area contributed by atoms with Gasteiger partial charge in [0.05, 0.1) is 17.8 Å². The molecule has 106 valence electrons. The average molecular weight is 282 g/mol. The van der Waals surface area contributed by atoms with Gasteiger partial charge in [0.25, 0.3) is 0 Å². The van der Waals surface area contributed by atoms with Crippen LogP contribution in [0.4, 0.5) is 11.4 Å². The highest BCUT2D eigenvalue weighted by atomic mass is 16.3. The quantitative estimate of drug-likeness (QED) is 0.884. The molecule has 0 bridgehead atoms. The van der Waals surface area contributed by atoms with E-state index in [9.17, 15) is 14.7 Å². The van der Waals surface area contributed by atoms with Crippen LogP contribution in [-0.2, 0) is 16.0 Å². The first kappa shape index (κ1) is 13.2. The Bertz CT molecular complexity index is 695. The molecule has 0 unspecified atom stereocenters. The zero-order chi connectivity index (χ0) is 14.8. The molecule has 2 amide bonds. The summed E-state index contributed by atoms with van der Waals surface area (Å²) >= 11 is 0. The van der Waals surface area contributed by atoms with Gasteiger partial charge < -0.3 is 15.3 Å². The van der Waals surface area contributed by atoms with Crippen LogP contribution in [0.25, 0.3) is 0 Å². The van der Waals surface area contributed by atoms with Crippen molar-refractivity contribution in [2.75, 3.05) is 16.8 Å². The van der Waals surface area contributed by atoms with E-state index in [0.29, 0.717) is 11.4 Å². The van der Waals surface area contributed by atoms with Gasteiger partial charge in [-0.25, -0.2) is 0 Å². The van der Waals surface area contributed by atoms with Gasteiger partial charge in [-0.3, -0.25) is 9.59 Å². The Kier molecular flexibility index (Phi) is 3.31. The van der Waals surface area contributed by atoms with E-state index in [1.165, 1.54) is 4.90 Å². The van der Waals surface area contributed by atoms with Crippen molar-refractivity contribution < 1.29 is 14.7 Å². The molecule has 1 heterocycles. The molecule has 0 saturated heterocycles. The molecule has 2 N–H and O–H groups in total. The standard InChI is InChI=1S/C16H14N2O3/c19-12-7-5-11(6-8-12)9-16(21)18-10-15(20)17-13-3-1-2-4-14(13)18/h1-8,19H,9-10H2,(H,17,20). The number of carbonyl (C=O) groups is 2. The van der Waals surface area contributed by atoms with Crippen molar-refractivity contribution in [2.24, 2.45) is 0 Å². The van der Waals surface area contributed by atoms with Crippen molar-refractivity contribution in [1.29, 1.82) is 0 Å². The minimum absolute atomic E-state index is 0.0218. The Labute approximate surface area is 121 Å². The molecule has 5 heteroatoms. The summed E-state index contributed by atoms with van der Waals surface area (Å²) in [5.74, 6) is -0.190. The molecule has 0 aliphatic carbocycles. The number of phenolic OH excluding ortho intramolecular Hbond substituents is 1. The monoisotopic (exact) mass is 282 g/mol. The summed E-state index contributed by atoms with van der Waals surface area (Å²) in [5.41, 5.74) is 2.15. The van der Waals surface area contributed by atoms with Crippen molar-refractivity contribution in [3.8, 4) is 5.75 Å². The van der Waals surface area contributed by atoms with Crippen molar-refractivity contribution in [3.05, 3.63) is 54.1 Å². The number of nitrogens with one attached hydrogen (secondary N) is 1. The van der Waals surface area contributed by atoms with Crippen molar-refractivity contribution in [2.45, 2.75) is 6.42 Å². The van der Waals surface area contributed by atoms with Crippen LogP contribution in [0.2, 0.25) is 0 Å². The molecule has 2 aromatic carbocycles. The fraction of sp³-hybridized carbons (Fsp3) is 0.125. The fourth-order valence-electron chi connectivity index (χ4n) is 2.34. The Morgan fingerprint density at radius 3 is 2.62 bits per heavy atom. The number of anilines is 2. The Morgan fingerprint density at radius 1 is 1.14 bits per heavy atom. The minimum atomic E-state index is -0.201. The highest BCUT2D eigenvalue weighted by Gasteiger charge is 2.26. The summed E-state index contributed by atoms with van der Waals surface area (Å²) in [6, 6.07) is 13.7. The highest BCUT2D eigenvalue weighted by Crippen LogP contribution is 2.29. The lowest BCUT2D eigenvalue weighted by Gasteiger charge is -2.29. The molecule has 21 heavy (non-hydrogen) atoms. The third kappa shape index (κ3) is 2.72. The van der Waals surface area contributed by atoms with Crippen LogP contribution in [0.1, 0.15) is 5.56 Å². The van der Waals surface area contributed by atoms with Gasteiger partial charge in [-0.2, -0.15) is 0 Å². The van der Waals surface area contributed by atoms with E-state index in [1.54, 1.807) is 30.3 Å². The summed E-state index contributed by atoms with van der Waals surface area (Å²) in [6.07, 6.45) is 0.182. The first-order chi connectivity index (χ1) is 10.1. The summed E-state index contributed by atoms with van der Waals surface area (Å²) in [4.78, 5) is 25.6. The minimum Gasteiger partial charge on any atom is -0.508 e. The maximum Gasteiger partial charge on any atom is 0.244 e. The lowest BCUT2D eigenvalue weighted by atomic mass is 10.1. The van der Waals surface area contributed by atoms with E-state index < -0.39 is 0 Å². The predicted octanol–water partition coefficient (Wildman–Crippen LogP) is 1.92. The molecular weight excluding hydrogens is 268 g/mol. The van der Waals surface area contributed by atoms with E-state index in [1.807, 2.05) is 18.2 Å². The third-order valence-corrected chi connectivity index (χ3v) is 3.36. The van der Waals surface area contributed by atoms with Crippen molar-refractivity contribution >= 4 is 23.2 Å². The molecule has 0 aromatic heterocycles. The van der Waals surface area contributed by atoms with E-state index in [2.05, 4.69) is 5.32 Å². The molecule has 0 atom stereocenters. The van der Waals surface area contributed by atoms with Crippen LogP contribution in [-0.4, -0.2) is 23.5 Å². The van der Waals surface area contributed by atoms with Gasteiger partial charge in [0.1, 0.15) is 12.3 Å². The largest absolute Gasteiger partial charge is 0.508 e. The molecule has 0 fully saturated rings. The second-order valence-corrected chi connectivity index (χ2v) is 4.89. The Hall–Kier alpha value is -2.82. The molecule has 2 aromatic rings. The number of aromatic hydroxyl groups is 1. The van der Waals surface area contributed by atoms with Gasteiger partial charge in [-0.15, -0.1) is 0 Å². The third-order valence-electron chi connectivity index (χ3n) is 3.36. The van der Waals surface area contributed by atoms with Crippen LogP contribution >= 0.6 is 0 Å². The molecule has 3 rings (SSSR count). The first-order valence-electron chi connectivity index (χ1n) is 6.60. The van der Waals surface area contributed by atoms with Crippen LogP contribution in [0.3, 0.4) is 0 Å². The number of carbonyl (C=O) groups excluding carboxylic acids is 2. The number of benzene rings is 2. The molecular formula is C16H14N2O3. The Balaban J connectivity index is 1.84. The van der Waals surface area contributed by atoms with Gasteiger partial charge in [0.15, 0.2) is 0 Å². The molecule has 0 saturated carbocycles. The van der Waals surface area contributed by atoms with Crippen LogP contribution < -0.4 is 10.2 Å². The predicted molar refractivity (Wildman–Crippen MR) is 79.2 cm³/mol. The normalized spacial score (nSPS) is 13.5. The van der Waals surface area contributed by atoms with Crippen LogP contribution in [0, 0.1) is 0 Å². The summed E-state index contributed by atoms with van der Waals surface area (Å²) < 4.78 is 0. The summed E-state index contributed by atoms with van der Waals surface area (Å²) in [5, 5.41) is 12.0. The topological polar surface area (TPSA) is 69.6 Å². The molecule has 5 nitrogen and oxygen atoms in total. The van der Waals surface area contributed by atoms with Gasteiger partial charge >= 0.3 is 0 Å². The van der Waals surface area contributed by atoms with Gasteiger partial charge in [-0.1, -0.05) is 24.3 Å². The number of phenols is 1. The van der Waals surface area contributed by atoms with Crippen LogP contribution in [0.15, 0.2) is 48.5 Å². The number of hydrogen-bond donors (Lipinski definition) is 2. The molecule has 1 aliphatic rings. The maximum atomic E-state index is 12.4. The van der Waals surface area contributed by atoms with Gasteiger partial charge in [-0.05, 0) is 29.8 Å². The average Bonchev–Trinajstić information content (AvgIpc) is 2.48. The second kappa shape index (κ2) is 5.28. The van der Waals surface area contributed by atoms with Crippen molar-refractivity contribution in [1.82, 2.24) is 0 Å². The first-order valence-corrected chi connectivity index (χ1v) is 6.60. The van der Waals surface area contributed by atoms with Crippen molar-refractivity contribution in [3.63, 3.8) is 0 Å². The van der Waals surface area contributed by atoms with E-state index in [4.69, 9.17) is 0 Å². The van der Waals surface area contributed by atoms with E-state index in [0.717, 1.165) is 5.56 Å². The zero-order valence-electron chi connectivity index (χ0n) is 11.2. The Morgan fingerprint density at radius 2 is 1.86 bits per heavy atom. The number of nitrogens with zero attached hydrogens (tertiary/aromatic N) is 1. The zero-order valence-corrected chi connectivity index (χ0v) is 11.2. The number of fused-ring (bicyclic) bond motifs is 1. The highest BCUT2D eigenvalue weighted by molar-refractivity contribution is 6.10. The fourth-order valence-corrected chi connectivity index (χ4v) is 2.34. The summed E-state index contributed by atoms with van der Waals surface area (Å²) in [6.45, 7) is 0.0218. The number of rotatable bonds is 2. The smallest absolute Gasteiger partial charge is 0.244 e. The number of hydrogen-bond acceptors (Lipinski definition) is 3. The lowest BCUT2D eigenvalue weighted by molar-refractivity contribution is -0.121. The SMILES string of the molecule is O=C1CN(C(=O)Cc2ccc(O)cc2)c2ccccc2N1. The maximum absolute atomic E-state index is 12.4. The summed E-state index contributed by atoms with van der Waals surface area (Å²) in [7, 11) is 0. The number of amides is 2. The molecule has 0 radical (unpaired) electrons. The van der Waals surface area contributed by atoms with Crippen LogP contribution in [0.5, 0.6) is 5.75 Å².